The lowest BCUT2D eigenvalue weighted by Gasteiger charge is -2.40. The van der Waals surface area contributed by atoms with Gasteiger partial charge < -0.3 is 25.1 Å². The first-order chi connectivity index (χ1) is 19.9. The minimum Gasteiger partial charge on any atom is -0.409 e. The van der Waals surface area contributed by atoms with Crippen LogP contribution in [-0.2, 0) is 17.5 Å². The minimum absolute atomic E-state index is 0.0231. The number of aromatic nitrogens is 1. The summed E-state index contributed by atoms with van der Waals surface area (Å²) >= 11 is 12.9. The largest absolute Gasteiger partial charge is 0.417 e. The van der Waals surface area contributed by atoms with Gasteiger partial charge in [-0.3, -0.25) is 0 Å². The van der Waals surface area contributed by atoms with Crippen LogP contribution in [0, 0.1) is 0 Å². The summed E-state index contributed by atoms with van der Waals surface area (Å²) in [6, 6.07) is 8.41. The highest BCUT2D eigenvalue weighted by molar-refractivity contribution is 6.39. The van der Waals surface area contributed by atoms with Gasteiger partial charge in [-0.2, -0.15) is 13.2 Å². The maximum atomic E-state index is 13.9. The third-order valence-corrected chi connectivity index (χ3v) is 8.50. The number of nitrogens with zero attached hydrogens (tertiary/aromatic N) is 3. The van der Waals surface area contributed by atoms with Gasteiger partial charge in [-0.15, -0.1) is 0 Å². The molecule has 6 rings (SSSR count). The molecule has 3 heterocycles. The quantitative estimate of drug-likeness (QED) is 0.128. The highest BCUT2D eigenvalue weighted by Crippen LogP contribution is 2.47. The SMILES string of the molecule is [2H]C([2H])(OC1C[C@H]2CC[C@@H](C1)N2c1ccc(/C(N)=N/O)c(C(F)(F)F)c1)c1c(-c2c(Cl)cccc2Cl)noc1C1CC1. The molecule has 7 nitrogen and oxygen atoms in total. The molecule has 12 heteroatoms. The number of oxime groups is 1. The molecule has 1 saturated carbocycles. The molecule has 2 saturated heterocycles. The average Bonchev–Trinajstić information content (AvgIpc) is 3.62. The molecule has 40 heavy (non-hydrogen) atoms. The Morgan fingerprint density at radius 2 is 1.82 bits per heavy atom. The Labute approximate surface area is 241 Å². The van der Waals surface area contributed by atoms with Crippen molar-refractivity contribution in [3.05, 3.63) is 68.9 Å². The first kappa shape index (κ1) is 24.8. The van der Waals surface area contributed by atoms with Crippen LogP contribution in [0.3, 0.4) is 0 Å². The number of hydrogen-bond acceptors (Lipinski definition) is 6. The maximum absolute atomic E-state index is 13.9. The van der Waals surface area contributed by atoms with Gasteiger partial charge in [0.25, 0.3) is 0 Å². The van der Waals surface area contributed by atoms with Gasteiger partial charge in [-0.25, -0.2) is 0 Å². The summed E-state index contributed by atoms with van der Waals surface area (Å²) in [5.41, 5.74) is 5.22. The van der Waals surface area contributed by atoms with Crippen molar-refractivity contribution in [3.8, 4) is 11.3 Å². The number of benzene rings is 2. The number of rotatable bonds is 7. The van der Waals surface area contributed by atoms with Crippen molar-refractivity contribution >= 4 is 34.7 Å². The Bertz CT molecular complexity index is 1510. The van der Waals surface area contributed by atoms with Crippen LogP contribution in [0.1, 0.15) is 69.6 Å². The van der Waals surface area contributed by atoms with Crippen LogP contribution in [0.5, 0.6) is 0 Å². The first-order valence-corrected chi connectivity index (χ1v) is 13.7. The Morgan fingerprint density at radius 1 is 1.15 bits per heavy atom. The van der Waals surface area contributed by atoms with E-state index < -0.39 is 35.8 Å². The van der Waals surface area contributed by atoms with E-state index in [-0.39, 0.29) is 29.3 Å². The molecule has 3 N–H and O–H groups in total. The summed E-state index contributed by atoms with van der Waals surface area (Å²) in [7, 11) is 0. The van der Waals surface area contributed by atoms with E-state index >= 15 is 0 Å². The minimum atomic E-state index is -4.71. The second-order valence-electron chi connectivity index (χ2n) is 10.5. The number of hydrogen-bond donors (Lipinski definition) is 2. The molecule has 212 valence electrons. The summed E-state index contributed by atoms with van der Waals surface area (Å²) in [6.45, 7) is -2.30. The normalized spacial score (nSPS) is 24.3. The highest BCUT2D eigenvalue weighted by Gasteiger charge is 2.43. The fourth-order valence-electron chi connectivity index (χ4n) is 5.91. The van der Waals surface area contributed by atoms with Gasteiger partial charge in [-0.1, -0.05) is 39.6 Å². The Hall–Kier alpha value is -2.95. The van der Waals surface area contributed by atoms with E-state index in [2.05, 4.69) is 10.3 Å². The molecular formula is C28H27Cl2F3N4O3. The van der Waals surface area contributed by atoms with Crippen LogP contribution >= 0.6 is 23.2 Å². The van der Waals surface area contributed by atoms with Gasteiger partial charge in [0.05, 0.1) is 31.0 Å². The van der Waals surface area contributed by atoms with Crippen molar-refractivity contribution < 1.29 is 30.4 Å². The van der Waals surface area contributed by atoms with Crippen LogP contribution in [-0.4, -0.2) is 34.4 Å². The van der Waals surface area contributed by atoms with Crippen molar-refractivity contribution in [1.82, 2.24) is 5.16 Å². The molecule has 1 aromatic heterocycles. The third kappa shape index (κ3) is 5.01. The highest BCUT2D eigenvalue weighted by atomic mass is 35.5. The molecule has 2 aliphatic heterocycles. The van der Waals surface area contributed by atoms with E-state index in [0.29, 0.717) is 39.9 Å². The summed E-state index contributed by atoms with van der Waals surface area (Å²) in [6.07, 6.45) is -1.29. The third-order valence-electron chi connectivity index (χ3n) is 7.87. The number of fused-ring (bicyclic) bond motifs is 2. The summed E-state index contributed by atoms with van der Waals surface area (Å²) < 4.78 is 71.5. The number of piperidine rings is 1. The zero-order valence-corrected chi connectivity index (χ0v) is 22.6. The monoisotopic (exact) mass is 596 g/mol. The van der Waals surface area contributed by atoms with E-state index in [1.54, 1.807) is 18.2 Å². The molecule has 0 radical (unpaired) electrons. The molecule has 3 aliphatic rings. The average molecular weight is 597 g/mol. The number of alkyl halides is 3. The van der Waals surface area contributed by atoms with Gasteiger partial charge in [0.2, 0.25) is 0 Å². The van der Waals surface area contributed by atoms with Gasteiger partial charge in [0.1, 0.15) is 11.5 Å². The lowest BCUT2D eigenvalue weighted by molar-refractivity contribution is -0.137. The van der Waals surface area contributed by atoms with Crippen LogP contribution < -0.4 is 10.6 Å². The summed E-state index contributed by atoms with van der Waals surface area (Å²) in [4.78, 5) is 1.95. The van der Waals surface area contributed by atoms with Gasteiger partial charge >= 0.3 is 6.18 Å². The Kier molecular flexibility index (Phi) is 6.49. The molecule has 3 atom stereocenters. The fourth-order valence-corrected chi connectivity index (χ4v) is 6.49. The van der Waals surface area contributed by atoms with Gasteiger partial charge in [0, 0.05) is 40.4 Å². The molecule has 0 spiro atoms. The van der Waals surface area contributed by atoms with E-state index in [0.717, 1.165) is 31.7 Å². The molecule has 0 amide bonds. The number of ether oxygens (including phenoxy) is 1. The zero-order chi connectivity index (χ0) is 30.0. The molecule has 3 aromatic rings. The van der Waals surface area contributed by atoms with E-state index in [1.807, 2.05) is 4.90 Å². The van der Waals surface area contributed by atoms with Crippen molar-refractivity contribution in [1.29, 1.82) is 0 Å². The standard InChI is InChI=1S/C28H27Cl2F3N4O3/c29-22-2-1-3-23(30)24(22)25-20(26(40-36-25)14-4-5-14)13-39-18-10-15-6-7-16(11-18)37(15)17-8-9-19(27(34)35-38)21(12-17)28(31,32)33/h1-3,8-9,12,14-16,18,38H,4-7,10-11,13H2,(H2,34,35)/t15-,16+,18?/i13D2. The lowest BCUT2D eigenvalue weighted by atomic mass is 9.97. The van der Waals surface area contributed by atoms with E-state index in [1.165, 1.54) is 12.1 Å². The van der Waals surface area contributed by atoms with Crippen LogP contribution in [0.2, 0.25) is 10.0 Å². The summed E-state index contributed by atoms with van der Waals surface area (Å²) in [5, 5.41) is 16.5. The topological polar surface area (TPSA) is 97.1 Å². The van der Waals surface area contributed by atoms with Crippen molar-refractivity contribution in [2.24, 2.45) is 10.9 Å². The predicted molar refractivity (Wildman–Crippen MR) is 145 cm³/mol. The number of halogens is 5. The van der Waals surface area contributed by atoms with Crippen molar-refractivity contribution in [2.75, 3.05) is 4.90 Å². The molecular weight excluding hydrogens is 568 g/mol. The zero-order valence-electron chi connectivity index (χ0n) is 23.1. The Morgan fingerprint density at radius 3 is 2.42 bits per heavy atom. The van der Waals surface area contributed by atoms with E-state index in [9.17, 15) is 13.2 Å². The fraction of sp³-hybridized carbons (Fsp3) is 0.429. The molecule has 1 unspecified atom stereocenters. The molecule has 1 aliphatic carbocycles. The van der Waals surface area contributed by atoms with E-state index in [4.69, 9.17) is 46.1 Å². The smallest absolute Gasteiger partial charge is 0.409 e. The second-order valence-corrected chi connectivity index (χ2v) is 11.3. The number of anilines is 1. The number of amidine groups is 1. The summed E-state index contributed by atoms with van der Waals surface area (Å²) in [5.74, 6) is -0.185. The molecule has 2 aromatic carbocycles. The van der Waals surface area contributed by atoms with Crippen molar-refractivity contribution in [2.45, 2.75) is 75.4 Å². The van der Waals surface area contributed by atoms with Gasteiger partial charge in [0.15, 0.2) is 5.84 Å². The number of nitrogens with two attached hydrogens (primary N) is 1. The second kappa shape index (κ2) is 10.5. The molecule has 3 fully saturated rings. The van der Waals surface area contributed by atoms with Crippen LogP contribution in [0.15, 0.2) is 46.1 Å². The maximum Gasteiger partial charge on any atom is 0.417 e. The first-order valence-electron chi connectivity index (χ1n) is 14.0. The van der Waals surface area contributed by atoms with Crippen LogP contribution in [0.4, 0.5) is 18.9 Å². The predicted octanol–water partition coefficient (Wildman–Crippen LogP) is 7.36. The molecule has 2 bridgehead atoms. The van der Waals surface area contributed by atoms with Crippen LogP contribution in [0.25, 0.3) is 11.3 Å². The van der Waals surface area contributed by atoms with Gasteiger partial charge in [-0.05, 0) is 68.9 Å². The Balaban J connectivity index is 1.28. The lowest BCUT2D eigenvalue weighted by Crippen LogP contribution is -2.45. The van der Waals surface area contributed by atoms with Crippen molar-refractivity contribution in [3.63, 3.8) is 0 Å².